The summed E-state index contributed by atoms with van der Waals surface area (Å²) < 4.78 is 206. The summed E-state index contributed by atoms with van der Waals surface area (Å²) in [6, 6.07) is 57.1. The molecule has 0 radical (unpaired) electrons. The average Bonchev–Trinajstić information content (AvgIpc) is 1.49. The summed E-state index contributed by atoms with van der Waals surface area (Å²) in [4.78, 5) is 69.0. The standard InChI is InChI=1S/C11H4F2N3.C10H5F2N2.C10H7N2.C9H4F2N3.C9H6N3.5C8H6F2N4.5Ir/c12-9-3-2-7(10(13)8(9)6-14)11-15-4-1-5-16-11;11-7-2-3-8(9(12)6-7)10-13-4-1-5-14-10;1-2-5-9(6-3-1)10-11-7-4-8-12-10;10-7-3-2-6(8(11)14-7)9-12-4-1-5-13-9;1-2-4-8(5-3-1)9-11-6-10-7-12-9;5*1-13-4-11-14(5-13)6-2-3-7(9)12-8(6)10;;;;;/h1,3-5H;1-2,4-6H;1-5,7-8H;1,3-5H;1-4,6-7H;5*3-5H,1H3;;;;;/q5*-1;5*-2;5*+3. The number of nitriles is 1. The molecule has 4 aromatic carbocycles. The van der Waals surface area contributed by atoms with Crippen molar-refractivity contribution in [3.8, 4) is 63.0 Å². The Morgan fingerprint density at radius 2 is 0.559 bits per heavy atom. The maximum absolute atomic E-state index is 13.6. The molecule has 15 aromatic rings. The van der Waals surface area contributed by atoms with Crippen LogP contribution in [0.3, 0.4) is 0 Å². The normalized spacial score (nSPS) is 12.2. The van der Waals surface area contributed by atoms with Crippen molar-refractivity contribution in [3.63, 3.8) is 0 Å². The van der Waals surface area contributed by atoms with Crippen LogP contribution in [-0.4, -0.2) is 176 Å². The van der Waals surface area contributed by atoms with Gasteiger partial charge >= 0.3 is 101 Å². The van der Waals surface area contributed by atoms with Gasteiger partial charge in [-0.15, -0.1) is 166 Å². The molecule has 16 heterocycles. The molecule has 0 atom stereocenters. The number of nitrogens with zero attached hydrogens (tertiary/aromatic N) is 33. The maximum Gasteiger partial charge on any atom is 3.00 e. The molecule has 54 heteroatoms. The molecule has 20 rings (SSSR count). The fraction of sp³-hybridized carbons (Fsp3) is 0.0562. The van der Waals surface area contributed by atoms with Gasteiger partial charge in [0.05, 0.1) is 108 Å². The van der Waals surface area contributed by atoms with Crippen molar-refractivity contribution in [3.05, 3.63) is 384 Å². The number of hydrogen-bond acceptors (Lipinski definition) is 33. The Hall–Kier alpha value is -14.9. The van der Waals surface area contributed by atoms with E-state index in [2.05, 4.69) is 171 Å². The van der Waals surface area contributed by atoms with Crippen LogP contribution in [0.4, 0.5) is 98.7 Å². The summed E-state index contributed by atoms with van der Waals surface area (Å²) in [5, 5.41) is 33.8. The third-order valence-corrected chi connectivity index (χ3v) is 16.1. The summed E-state index contributed by atoms with van der Waals surface area (Å²) in [5.74, 6) is -12.6. The van der Waals surface area contributed by atoms with Crippen molar-refractivity contribution in [1.29, 1.82) is 5.26 Å². The molecule has 0 amide bonds. The van der Waals surface area contributed by atoms with Crippen LogP contribution in [0.1, 0.15) is 5.56 Å². The molecule has 11 aromatic heterocycles. The summed E-state index contributed by atoms with van der Waals surface area (Å²) in [6.45, 7) is 7.61. The van der Waals surface area contributed by atoms with Crippen LogP contribution in [-0.2, 0) is 101 Å². The van der Waals surface area contributed by atoms with Gasteiger partial charge in [0.25, 0.3) is 0 Å². The molecule has 143 heavy (non-hydrogen) atoms. The molecular formula is C89H56F16Ir5N33. The van der Waals surface area contributed by atoms with Gasteiger partial charge in [-0.25, -0.2) is 13.8 Å². The van der Waals surface area contributed by atoms with Gasteiger partial charge < -0.3 is 74.5 Å². The number of hydrazone groups is 5. The fourth-order valence-electron chi connectivity index (χ4n) is 10.1. The van der Waals surface area contributed by atoms with Crippen LogP contribution in [0.2, 0.25) is 0 Å². The third kappa shape index (κ3) is 35.7. The number of aromatic nitrogens is 17. The van der Waals surface area contributed by atoms with Gasteiger partial charge in [-0.3, -0.25) is 116 Å². The van der Waals surface area contributed by atoms with E-state index in [1.807, 2.05) is 48.5 Å². The second-order valence-corrected chi connectivity index (χ2v) is 26.1. The number of anilines is 5. The minimum absolute atomic E-state index is 0. The molecule has 0 aliphatic carbocycles. The van der Waals surface area contributed by atoms with E-state index in [-0.39, 0.29) is 163 Å². The summed E-state index contributed by atoms with van der Waals surface area (Å²) >= 11 is 0. The van der Waals surface area contributed by atoms with Crippen molar-refractivity contribution >= 4 is 60.1 Å². The molecule has 0 fully saturated rings. The van der Waals surface area contributed by atoms with Crippen molar-refractivity contribution < 1.29 is 171 Å². The third-order valence-electron chi connectivity index (χ3n) is 16.1. The minimum Gasteiger partial charge on any atom is -0.493 e. The predicted octanol–water partition coefficient (Wildman–Crippen LogP) is 14.1. The van der Waals surface area contributed by atoms with Gasteiger partial charge in [0.1, 0.15) is 54.3 Å². The van der Waals surface area contributed by atoms with Crippen molar-refractivity contribution in [2.75, 3.05) is 60.3 Å². The second-order valence-electron chi connectivity index (χ2n) is 26.1. The van der Waals surface area contributed by atoms with Crippen LogP contribution in [0.25, 0.3) is 56.9 Å². The fourth-order valence-corrected chi connectivity index (χ4v) is 10.1. The largest absolute Gasteiger partial charge is 3.00 e. The van der Waals surface area contributed by atoms with E-state index in [9.17, 15) is 70.2 Å². The van der Waals surface area contributed by atoms with Crippen LogP contribution >= 0.6 is 0 Å². The van der Waals surface area contributed by atoms with Crippen LogP contribution in [0.15, 0.2) is 215 Å². The quantitative estimate of drug-likeness (QED) is 0.0697. The zero-order valence-corrected chi connectivity index (χ0v) is 84.6. The molecule has 5 aliphatic heterocycles. The van der Waals surface area contributed by atoms with E-state index in [1.165, 1.54) is 146 Å². The SMILES string of the molecule is CN1C=NN(c2[c-]cc(F)nc2F)[CH-]1.CN1C=NN(c2[c-]cc(F)nc2F)[CH-]1.CN1C=NN(c2[c-]cc(F)nc2F)[CH-]1.CN1C=NN(c2[c-]cc(F)nc2F)[CH-]1.CN1C=NN(c2[c-]cc(F)nc2F)[CH-]1.Fc1c[c-]c(-c2ncccn2)c(F)c1.Fc1c[c-]c(-c2ncccn2)c(F)n1.N#Cc1c(F)c[c-]c(-c2ncccn2)c1F.[Ir+3].[Ir+3].[Ir+3].[Ir+3].[Ir+3].[c-]1ccccc1-c1ncccn1.[c-]1ccccc1-c1ncncn1. The average molecular weight is 2850 g/mol. The number of halogens is 16. The molecule has 0 N–H and O–H groups in total. The van der Waals surface area contributed by atoms with Gasteiger partial charge in [0, 0.05) is 66.8 Å². The van der Waals surface area contributed by atoms with E-state index in [1.54, 1.807) is 96.4 Å². The van der Waals surface area contributed by atoms with Crippen LogP contribution in [0, 0.1) is 200 Å². The predicted molar refractivity (Wildman–Crippen MR) is 462 cm³/mol. The number of benzene rings is 4. The van der Waals surface area contributed by atoms with Crippen molar-refractivity contribution in [2.45, 2.75) is 0 Å². The smallest absolute Gasteiger partial charge is 0.493 e. The van der Waals surface area contributed by atoms with E-state index in [4.69, 9.17) is 5.26 Å². The monoisotopic (exact) mass is 2860 g/mol. The summed E-state index contributed by atoms with van der Waals surface area (Å²) in [5.41, 5.74) is 1.06. The van der Waals surface area contributed by atoms with Gasteiger partial charge in [-0.05, 0) is 87.9 Å². The van der Waals surface area contributed by atoms with Gasteiger partial charge in [-0.1, -0.05) is 28.8 Å². The Bertz CT molecular complexity index is 6050. The second kappa shape index (κ2) is 59.0. The molecule has 33 nitrogen and oxygen atoms in total. The first kappa shape index (κ1) is 117. The first-order valence-electron chi connectivity index (χ1n) is 38.3. The zero-order chi connectivity index (χ0) is 98.6. The molecular weight excluding hydrogens is 2800 g/mol. The van der Waals surface area contributed by atoms with Crippen molar-refractivity contribution in [1.82, 2.24) is 109 Å². The van der Waals surface area contributed by atoms with Crippen LogP contribution in [0.5, 0.6) is 0 Å². The summed E-state index contributed by atoms with van der Waals surface area (Å²) in [7, 11) is 8.67. The van der Waals surface area contributed by atoms with Crippen molar-refractivity contribution in [2.24, 2.45) is 25.5 Å². The Morgan fingerprint density at radius 1 is 0.287 bits per heavy atom. The molecule has 0 bridgehead atoms. The van der Waals surface area contributed by atoms with Gasteiger partial charge in [0.2, 0.25) is 0 Å². The minimum atomic E-state index is -0.992. The number of rotatable bonds is 10. The molecule has 5 aliphatic rings. The van der Waals surface area contributed by atoms with E-state index >= 15 is 0 Å². The Kier molecular flexibility index (Phi) is 48.2. The first-order chi connectivity index (χ1) is 66.5. The van der Waals surface area contributed by atoms with Crippen LogP contribution < -0.4 is 25.0 Å². The number of pyridine rings is 6. The van der Waals surface area contributed by atoms with Gasteiger partial charge in [-0.2, -0.15) is 61.1 Å². The van der Waals surface area contributed by atoms with E-state index in [0.29, 0.717) is 5.82 Å². The molecule has 0 unspecified atom stereocenters. The molecule has 734 valence electrons. The number of hydrogen-bond donors (Lipinski definition) is 0. The first-order valence-corrected chi connectivity index (χ1v) is 38.3. The maximum atomic E-state index is 13.6. The zero-order valence-electron chi connectivity index (χ0n) is 72.6. The Morgan fingerprint density at radius 3 is 0.832 bits per heavy atom. The Labute approximate surface area is 871 Å². The van der Waals surface area contributed by atoms with E-state index in [0.717, 1.165) is 71.5 Å². The Balaban J connectivity index is 0.000000242. The topological polar surface area (TPSA) is 337 Å². The van der Waals surface area contributed by atoms with Gasteiger partial charge in [0.15, 0.2) is 0 Å². The molecule has 0 spiro atoms. The summed E-state index contributed by atoms with van der Waals surface area (Å²) in [6.07, 6.45) is 22.5. The molecule has 0 saturated heterocycles. The van der Waals surface area contributed by atoms with E-state index < -0.39 is 100 Å². The molecule has 0 saturated carbocycles.